The van der Waals surface area contributed by atoms with Crippen LogP contribution in [0.25, 0.3) is 0 Å². The predicted octanol–water partition coefficient (Wildman–Crippen LogP) is 4.05. The van der Waals surface area contributed by atoms with E-state index in [1.54, 1.807) is 0 Å². The molecule has 1 aliphatic rings. The summed E-state index contributed by atoms with van der Waals surface area (Å²) in [6.07, 6.45) is 0. The quantitative estimate of drug-likeness (QED) is 0.589. The topological polar surface area (TPSA) is 43.0 Å². The van der Waals surface area contributed by atoms with Gasteiger partial charge in [0.15, 0.2) is 11.5 Å². The smallest absolute Gasteiger partial charge is 0.163 e. The second-order valence-electron chi connectivity index (χ2n) is 7.17. The third-order valence-corrected chi connectivity index (χ3v) is 5.43. The number of halogens is 1. The maximum atomic E-state index is 6.54. The molecule has 0 aromatic heterocycles. The standard InChI is InChI=1S/C23H31ClN2O3/c1-3-28-22-14-20(16-25-8-9-26-10-12-27-13-11-26)21(24)15-23(22)29-17-19-7-5-4-6-18(19)2/h4-7,14-15,25H,3,8-13,16-17H2,1-2H3. The van der Waals surface area contributed by atoms with E-state index < -0.39 is 0 Å². The molecule has 2 aromatic carbocycles. The van der Waals surface area contributed by atoms with Crippen LogP contribution in [0.1, 0.15) is 23.6 Å². The average Bonchev–Trinajstić information content (AvgIpc) is 2.74. The number of morpholine rings is 1. The van der Waals surface area contributed by atoms with E-state index in [-0.39, 0.29) is 0 Å². The maximum absolute atomic E-state index is 6.54. The highest BCUT2D eigenvalue weighted by Gasteiger charge is 2.13. The molecule has 3 rings (SSSR count). The molecular weight excluding hydrogens is 388 g/mol. The molecule has 6 heteroatoms. The van der Waals surface area contributed by atoms with E-state index in [0.29, 0.717) is 30.5 Å². The fourth-order valence-corrected chi connectivity index (χ4v) is 3.53. The van der Waals surface area contributed by atoms with E-state index in [0.717, 1.165) is 56.3 Å². The molecule has 5 nitrogen and oxygen atoms in total. The van der Waals surface area contributed by atoms with Gasteiger partial charge < -0.3 is 19.5 Å². The van der Waals surface area contributed by atoms with Crippen molar-refractivity contribution in [2.24, 2.45) is 0 Å². The highest BCUT2D eigenvalue weighted by molar-refractivity contribution is 6.31. The summed E-state index contributed by atoms with van der Waals surface area (Å²) in [5.74, 6) is 1.41. The number of aryl methyl sites for hydroxylation is 1. The molecule has 0 spiro atoms. The summed E-state index contributed by atoms with van der Waals surface area (Å²) >= 11 is 6.54. The molecule has 0 amide bonds. The first-order valence-corrected chi connectivity index (χ1v) is 10.7. The predicted molar refractivity (Wildman–Crippen MR) is 117 cm³/mol. The van der Waals surface area contributed by atoms with Gasteiger partial charge in [-0.1, -0.05) is 35.9 Å². The molecule has 0 unspecified atom stereocenters. The number of rotatable bonds is 10. The lowest BCUT2D eigenvalue weighted by atomic mass is 10.1. The summed E-state index contributed by atoms with van der Waals surface area (Å²) in [6, 6.07) is 12.1. The van der Waals surface area contributed by atoms with Crippen molar-refractivity contribution in [2.45, 2.75) is 27.0 Å². The summed E-state index contributed by atoms with van der Waals surface area (Å²) < 4.78 is 17.3. The normalized spacial score (nSPS) is 14.7. The minimum atomic E-state index is 0.486. The number of nitrogens with one attached hydrogen (secondary N) is 1. The first kappa shape index (κ1) is 21.9. The van der Waals surface area contributed by atoms with Gasteiger partial charge in [-0.3, -0.25) is 4.90 Å². The number of benzene rings is 2. The molecule has 1 aliphatic heterocycles. The van der Waals surface area contributed by atoms with Crippen LogP contribution in [0, 0.1) is 6.92 Å². The Morgan fingerprint density at radius 3 is 2.59 bits per heavy atom. The molecular formula is C23H31ClN2O3. The van der Waals surface area contributed by atoms with Gasteiger partial charge in [0.05, 0.1) is 19.8 Å². The fraction of sp³-hybridized carbons (Fsp3) is 0.478. The van der Waals surface area contributed by atoms with Crippen molar-refractivity contribution < 1.29 is 14.2 Å². The minimum absolute atomic E-state index is 0.486. The van der Waals surface area contributed by atoms with Crippen molar-refractivity contribution in [3.8, 4) is 11.5 Å². The molecule has 1 saturated heterocycles. The van der Waals surface area contributed by atoms with Gasteiger partial charge >= 0.3 is 0 Å². The van der Waals surface area contributed by atoms with E-state index in [1.807, 2.05) is 31.2 Å². The Kier molecular flexibility index (Phi) is 8.62. The van der Waals surface area contributed by atoms with Crippen LogP contribution in [-0.2, 0) is 17.9 Å². The number of hydrogen-bond donors (Lipinski definition) is 1. The SMILES string of the molecule is CCOc1cc(CNCCN2CCOCC2)c(Cl)cc1OCc1ccccc1C. The first-order chi connectivity index (χ1) is 14.2. The van der Waals surface area contributed by atoms with Gasteiger partial charge in [0.25, 0.3) is 0 Å². The zero-order valence-electron chi connectivity index (χ0n) is 17.4. The number of ether oxygens (including phenoxy) is 3. The minimum Gasteiger partial charge on any atom is -0.490 e. The molecule has 0 aliphatic carbocycles. The van der Waals surface area contributed by atoms with Gasteiger partial charge in [-0.25, -0.2) is 0 Å². The number of hydrogen-bond acceptors (Lipinski definition) is 5. The fourth-order valence-electron chi connectivity index (χ4n) is 3.31. The molecule has 1 N–H and O–H groups in total. The Labute approximate surface area is 178 Å². The van der Waals surface area contributed by atoms with Gasteiger partial charge in [0.1, 0.15) is 6.61 Å². The van der Waals surface area contributed by atoms with Gasteiger partial charge in [-0.2, -0.15) is 0 Å². The van der Waals surface area contributed by atoms with Crippen LogP contribution in [0.4, 0.5) is 0 Å². The van der Waals surface area contributed by atoms with Crippen molar-refractivity contribution >= 4 is 11.6 Å². The van der Waals surface area contributed by atoms with E-state index in [2.05, 4.69) is 29.3 Å². The van der Waals surface area contributed by atoms with Gasteiger partial charge in [-0.15, -0.1) is 0 Å². The maximum Gasteiger partial charge on any atom is 0.163 e. The Bertz CT molecular complexity index is 779. The van der Waals surface area contributed by atoms with E-state index in [1.165, 1.54) is 5.56 Å². The highest BCUT2D eigenvalue weighted by Crippen LogP contribution is 2.34. The molecule has 1 fully saturated rings. The van der Waals surface area contributed by atoms with Crippen LogP contribution in [-0.4, -0.2) is 50.9 Å². The molecule has 0 bridgehead atoms. The van der Waals surface area contributed by atoms with Gasteiger partial charge in [0, 0.05) is 43.8 Å². The largest absolute Gasteiger partial charge is 0.490 e. The third-order valence-electron chi connectivity index (χ3n) is 5.08. The van der Waals surface area contributed by atoms with Crippen molar-refractivity contribution in [1.82, 2.24) is 10.2 Å². The molecule has 2 aromatic rings. The lowest BCUT2D eigenvalue weighted by Gasteiger charge is -2.26. The van der Waals surface area contributed by atoms with E-state index in [4.69, 9.17) is 25.8 Å². The van der Waals surface area contributed by atoms with Crippen LogP contribution in [0.2, 0.25) is 5.02 Å². The summed E-state index contributed by atoms with van der Waals surface area (Å²) in [5, 5.41) is 4.17. The van der Waals surface area contributed by atoms with E-state index in [9.17, 15) is 0 Å². The monoisotopic (exact) mass is 418 g/mol. The Hall–Kier alpha value is -1.79. The lowest BCUT2D eigenvalue weighted by Crippen LogP contribution is -2.40. The Morgan fingerprint density at radius 2 is 1.83 bits per heavy atom. The third kappa shape index (κ3) is 6.61. The summed E-state index contributed by atoms with van der Waals surface area (Å²) in [4.78, 5) is 2.41. The second-order valence-corrected chi connectivity index (χ2v) is 7.58. The van der Waals surface area contributed by atoms with Crippen molar-refractivity contribution in [3.63, 3.8) is 0 Å². The van der Waals surface area contributed by atoms with Crippen LogP contribution < -0.4 is 14.8 Å². The Balaban J connectivity index is 1.58. The van der Waals surface area contributed by atoms with Crippen LogP contribution in [0.5, 0.6) is 11.5 Å². The molecule has 0 atom stereocenters. The van der Waals surface area contributed by atoms with E-state index >= 15 is 0 Å². The van der Waals surface area contributed by atoms with Gasteiger partial charge in [0.2, 0.25) is 0 Å². The molecule has 158 valence electrons. The molecule has 0 radical (unpaired) electrons. The molecule has 29 heavy (non-hydrogen) atoms. The Morgan fingerprint density at radius 1 is 1.07 bits per heavy atom. The molecule has 0 saturated carbocycles. The zero-order valence-corrected chi connectivity index (χ0v) is 18.1. The number of nitrogens with zero attached hydrogens (tertiary/aromatic N) is 1. The first-order valence-electron chi connectivity index (χ1n) is 10.3. The molecule has 1 heterocycles. The van der Waals surface area contributed by atoms with Crippen molar-refractivity contribution in [3.05, 3.63) is 58.1 Å². The highest BCUT2D eigenvalue weighted by atomic mass is 35.5. The van der Waals surface area contributed by atoms with Crippen LogP contribution in [0.3, 0.4) is 0 Å². The van der Waals surface area contributed by atoms with Gasteiger partial charge in [-0.05, 0) is 36.6 Å². The van der Waals surface area contributed by atoms with Crippen molar-refractivity contribution in [2.75, 3.05) is 46.0 Å². The second kappa shape index (κ2) is 11.4. The van der Waals surface area contributed by atoms with Crippen LogP contribution in [0.15, 0.2) is 36.4 Å². The van der Waals surface area contributed by atoms with Crippen LogP contribution >= 0.6 is 11.6 Å². The lowest BCUT2D eigenvalue weighted by molar-refractivity contribution is 0.0384. The average molecular weight is 419 g/mol. The summed E-state index contributed by atoms with van der Waals surface area (Å²) in [5.41, 5.74) is 3.37. The summed E-state index contributed by atoms with van der Waals surface area (Å²) in [6.45, 7) is 11.4. The van der Waals surface area contributed by atoms with Crippen molar-refractivity contribution in [1.29, 1.82) is 0 Å². The zero-order chi connectivity index (χ0) is 20.5. The summed E-state index contributed by atoms with van der Waals surface area (Å²) in [7, 11) is 0.